The maximum Gasteiger partial charge on any atom is 0.311 e. The van der Waals surface area contributed by atoms with Crippen LogP contribution in [0.25, 0.3) is 0 Å². The van der Waals surface area contributed by atoms with Gasteiger partial charge in [0.2, 0.25) is 0 Å². The molecule has 0 aliphatic carbocycles. The molecule has 1 saturated heterocycles. The van der Waals surface area contributed by atoms with Gasteiger partial charge in [-0.25, -0.2) is 0 Å². The molecule has 0 spiro atoms. The summed E-state index contributed by atoms with van der Waals surface area (Å²) in [5.74, 6) is 0.288. The second-order valence-electron chi connectivity index (χ2n) is 4.74. The molecule has 0 saturated carbocycles. The molecule has 5 nitrogen and oxygen atoms in total. The summed E-state index contributed by atoms with van der Waals surface area (Å²) in [5.41, 5.74) is 0.300. The molecule has 0 unspecified atom stereocenters. The highest BCUT2D eigenvalue weighted by atomic mass is 16.6. The molecule has 102 valence electrons. The molecule has 5 heteroatoms. The maximum atomic E-state index is 10.9. The van der Waals surface area contributed by atoms with Gasteiger partial charge >= 0.3 is 5.69 Å². The average Bonchev–Trinajstić information content (AvgIpc) is 2.41. The number of piperidine rings is 1. The number of nitrogens with zero attached hydrogens (tertiary/aromatic N) is 2. The molecule has 2 rings (SSSR count). The summed E-state index contributed by atoms with van der Waals surface area (Å²) < 4.78 is 5.52. The molecule has 1 aromatic rings. The number of nitro groups is 1. The van der Waals surface area contributed by atoms with Gasteiger partial charge in [0.1, 0.15) is 6.61 Å². The lowest BCUT2D eigenvalue weighted by Crippen LogP contribution is -2.33. The fraction of sp³-hybridized carbons (Fsp3) is 0.500. The van der Waals surface area contributed by atoms with Crippen LogP contribution in [0.2, 0.25) is 0 Å². The van der Waals surface area contributed by atoms with E-state index in [1.165, 1.54) is 25.3 Å². The summed E-state index contributed by atoms with van der Waals surface area (Å²) in [7, 11) is 0. The monoisotopic (exact) mass is 262 g/mol. The standard InChI is InChI=1S/C14H18N2O3/c1-12-5-6-14(13(11-12)16(17)18)19-10-9-15-7-3-2-4-8-15/h1,5-6,11H,2-4,7-10H2. The smallest absolute Gasteiger partial charge is 0.311 e. The molecule has 1 aromatic carbocycles. The fourth-order valence-electron chi connectivity index (χ4n) is 2.27. The van der Waals surface area contributed by atoms with Crippen LogP contribution < -0.4 is 4.74 Å². The number of ether oxygens (including phenoxy) is 1. The minimum atomic E-state index is -0.466. The summed E-state index contributed by atoms with van der Waals surface area (Å²) in [4.78, 5) is 12.8. The summed E-state index contributed by atoms with van der Waals surface area (Å²) >= 11 is 0. The van der Waals surface area contributed by atoms with Crippen molar-refractivity contribution in [3.63, 3.8) is 0 Å². The Kier molecular flexibility index (Phi) is 4.74. The maximum absolute atomic E-state index is 10.9. The van der Waals surface area contributed by atoms with Crippen molar-refractivity contribution in [3.05, 3.63) is 40.8 Å². The third-order valence-corrected chi connectivity index (χ3v) is 3.29. The van der Waals surface area contributed by atoms with Crippen LogP contribution in [0.1, 0.15) is 24.8 Å². The van der Waals surface area contributed by atoms with Crippen LogP contribution in [0.4, 0.5) is 5.69 Å². The number of hydrogen-bond acceptors (Lipinski definition) is 4. The van der Waals surface area contributed by atoms with Gasteiger partial charge in [0.05, 0.1) is 4.92 Å². The number of rotatable bonds is 5. The molecule has 19 heavy (non-hydrogen) atoms. The summed E-state index contributed by atoms with van der Waals surface area (Å²) in [6.45, 7) is 8.99. The number of nitro benzene ring substituents is 1. The Morgan fingerprint density at radius 2 is 2.05 bits per heavy atom. The first-order chi connectivity index (χ1) is 9.16. The minimum absolute atomic E-state index is 0.0707. The molecule has 0 bridgehead atoms. The Morgan fingerprint density at radius 1 is 1.32 bits per heavy atom. The van der Waals surface area contributed by atoms with Gasteiger partial charge < -0.3 is 4.74 Å². The fourth-order valence-corrected chi connectivity index (χ4v) is 2.27. The van der Waals surface area contributed by atoms with E-state index in [0.717, 1.165) is 19.6 Å². The third-order valence-electron chi connectivity index (χ3n) is 3.29. The van der Waals surface area contributed by atoms with Crippen molar-refractivity contribution in [3.8, 4) is 5.75 Å². The van der Waals surface area contributed by atoms with E-state index in [0.29, 0.717) is 12.2 Å². The number of benzene rings is 1. The number of hydrogen-bond donors (Lipinski definition) is 0. The quantitative estimate of drug-likeness (QED) is 0.604. The van der Waals surface area contributed by atoms with Crippen LogP contribution in [0.15, 0.2) is 18.2 Å². The predicted octanol–water partition coefficient (Wildman–Crippen LogP) is 2.52. The highest BCUT2D eigenvalue weighted by molar-refractivity contribution is 5.49. The lowest BCUT2D eigenvalue weighted by Gasteiger charge is -2.26. The van der Waals surface area contributed by atoms with Gasteiger partial charge in [-0.2, -0.15) is 0 Å². The van der Waals surface area contributed by atoms with E-state index in [9.17, 15) is 10.1 Å². The molecule has 1 aliphatic heterocycles. The van der Waals surface area contributed by atoms with Gasteiger partial charge in [-0.3, -0.25) is 15.0 Å². The van der Waals surface area contributed by atoms with Gasteiger partial charge in [-0.15, -0.1) is 0 Å². The first-order valence-electron chi connectivity index (χ1n) is 6.56. The predicted molar refractivity (Wildman–Crippen MR) is 72.3 cm³/mol. The molecular formula is C14H18N2O3. The van der Waals surface area contributed by atoms with E-state index < -0.39 is 4.92 Å². The van der Waals surface area contributed by atoms with Crippen molar-refractivity contribution >= 4 is 5.69 Å². The molecular weight excluding hydrogens is 244 g/mol. The summed E-state index contributed by atoms with van der Waals surface area (Å²) in [6, 6.07) is 4.50. The molecule has 1 fully saturated rings. The van der Waals surface area contributed by atoms with E-state index in [1.807, 2.05) is 0 Å². The molecule has 1 aliphatic rings. The normalized spacial score (nSPS) is 16.3. The van der Waals surface area contributed by atoms with Gasteiger partial charge in [0.15, 0.2) is 5.75 Å². The second-order valence-corrected chi connectivity index (χ2v) is 4.74. The summed E-state index contributed by atoms with van der Waals surface area (Å²) in [6.07, 6.45) is 3.74. The van der Waals surface area contributed by atoms with Crippen molar-refractivity contribution in [2.45, 2.75) is 19.3 Å². The van der Waals surface area contributed by atoms with Crippen molar-refractivity contribution < 1.29 is 9.66 Å². The van der Waals surface area contributed by atoms with E-state index in [2.05, 4.69) is 4.90 Å². The Bertz CT molecular complexity index is 442. The van der Waals surface area contributed by atoms with Crippen LogP contribution in [0.3, 0.4) is 0 Å². The molecule has 0 atom stereocenters. The highest BCUT2D eigenvalue weighted by Crippen LogP contribution is 2.27. The molecule has 0 amide bonds. The van der Waals surface area contributed by atoms with Crippen molar-refractivity contribution in [1.29, 1.82) is 0 Å². The minimum Gasteiger partial charge on any atom is -0.485 e. The van der Waals surface area contributed by atoms with Gasteiger partial charge in [0.25, 0.3) is 0 Å². The molecule has 0 N–H and O–H groups in total. The third kappa shape index (κ3) is 3.92. The van der Waals surface area contributed by atoms with E-state index in [-0.39, 0.29) is 11.4 Å². The first kappa shape index (κ1) is 13.8. The molecule has 1 heterocycles. The largest absolute Gasteiger partial charge is 0.485 e. The zero-order chi connectivity index (χ0) is 13.7. The van der Waals surface area contributed by atoms with Crippen LogP contribution in [0.5, 0.6) is 5.75 Å². The SMILES string of the molecule is [CH]c1ccc(OCCN2CCCCC2)c([N+](=O)[O-])c1. The van der Waals surface area contributed by atoms with Crippen molar-refractivity contribution in [1.82, 2.24) is 4.90 Å². The summed E-state index contributed by atoms with van der Waals surface area (Å²) in [5, 5.41) is 10.9. The number of likely N-dealkylation sites (tertiary alicyclic amines) is 1. The lowest BCUT2D eigenvalue weighted by atomic mass is 10.1. The van der Waals surface area contributed by atoms with E-state index in [1.54, 1.807) is 12.1 Å². The van der Waals surface area contributed by atoms with Crippen LogP contribution in [0, 0.1) is 17.0 Å². The average molecular weight is 262 g/mol. The zero-order valence-corrected chi connectivity index (χ0v) is 10.9. The Labute approximate surface area is 113 Å². The van der Waals surface area contributed by atoms with Crippen molar-refractivity contribution in [2.24, 2.45) is 0 Å². The topological polar surface area (TPSA) is 55.6 Å². The van der Waals surface area contributed by atoms with E-state index >= 15 is 0 Å². The van der Waals surface area contributed by atoms with Gasteiger partial charge in [-0.05, 0) is 44.5 Å². The Hall–Kier alpha value is -1.62. The van der Waals surface area contributed by atoms with Gasteiger partial charge in [0, 0.05) is 12.6 Å². The molecule has 2 radical (unpaired) electrons. The zero-order valence-electron chi connectivity index (χ0n) is 10.9. The second kappa shape index (κ2) is 6.52. The van der Waals surface area contributed by atoms with Crippen molar-refractivity contribution in [2.75, 3.05) is 26.2 Å². The highest BCUT2D eigenvalue weighted by Gasteiger charge is 2.16. The van der Waals surface area contributed by atoms with Crippen LogP contribution >= 0.6 is 0 Å². The first-order valence-corrected chi connectivity index (χ1v) is 6.56. The molecule has 0 aromatic heterocycles. The Balaban J connectivity index is 1.89. The van der Waals surface area contributed by atoms with E-state index in [4.69, 9.17) is 11.7 Å². The van der Waals surface area contributed by atoms with Crippen LogP contribution in [-0.2, 0) is 0 Å². The van der Waals surface area contributed by atoms with Gasteiger partial charge in [-0.1, -0.05) is 12.5 Å². The lowest BCUT2D eigenvalue weighted by molar-refractivity contribution is -0.385. The Morgan fingerprint density at radius 3 is 2.74 bits per heavy atom. The van der Waals surface area contributed by atoms with Crippen LogP contribution in [-0.4, -0.2) is 36.1 Å².